The van der Waals surface area contributed by atoms with Crippen LogP contribution >= 0.6 is 15.9 Å². The zero-order valence-electron chi connectivity index (χ0n) is 76.3. The standard InChI is InChI=1S/C67H46N2.C37H27N.C30H20BrN.CH4/c1-5-18-47(19-6-1)48-32-37-56(38-33-48)68(58-41-42-60-59-28-13-15-30-63(59)67(64(60)46-58,53-22-7-2-8-23-53)54-24-9-3-10-25-54)57-39-34-49(35-40-57)50-20-17-21-51(44-50)52-36-43-66-62(45-52)61-29-14-16-31-65(61)69(66)55-26-11-4-12-27-55;1-4-12-27(13-5-1)28-20-22-31(23-21-28)38-32-24-25-34-33-18-10-11-19-35(33)37(36(34)26-32,29-14-6-2-7-15-29)30-16-8-3-9-17-30;31-25-16-13-21(14-17-25)22-7-6-8-23(19-22)24-15-18-30-28(20-24)27-11-4-5-12-29(27)32(30)26-9-2-1-3-10-26;/h1-46H;1-26,38H;1-20H;1H4. The molecule has 0 atom stereocenters. The molecule has 0 spiro atoms. The van der Waals surface area contributed by atoms with Crippen molar-refractivity contribution in [1.29, 1.82) is 0 Å². The summed E-state index contributed by atoms with van der Waals surface area (Å²) < 4.78 is 5.82. The summed E-state index contributed by atoms with van der Waals surface area (Å²) in [4.78, 5) is 2.42. The van der Waals surface area contributed by atoms with Gasteiger partial charge in [0.05, 0.1) is 32.9 Å². The number of nitrogens with one attached hydrogen (secondary N) is 1. The van der Waals surface area contributed by atoms with E-state index in [0.717, 1.165) is 32.9 Å². The van der Waals surface area contributed by atoms with Gasteiger partial charge in [0.2, 0.25) is 0 Å². The summed E-state index contributed by atoms with van der Waals surface area (Å²) in [6, 6.07) is 202. The third kappa shape index (κ3) is 15.8. The minimum atomic E-state index is -0.508. The molecule has 24 aromatic rings. The molecule has 0 amide bonds. The first kappa shape index (κ1) is 86.6. The fourth-order valence-corrected chi connectivity index (χ4v) is 22.0. The maximum absolute atomic E-state index is 3.68. The first-order valence-electron chi connectivity index (χ1n) is 47.7. The van der Waals surface area contributed by atoms with Crippen LogP contribution in [0, 0.1) is 0 Å². The lowest BCUT2D eigenvalue weighted by Crippen LogP contribution is -2.28. The predicted molar refractivity (Wildman–Crippen MR) is 594 cm³/mol. The van der Waals surface area contributed by atoms with Crippen LogP contribution in [0.3, 0.4) is 0 Å². The molecule has 22 aromatic carbocycles. The fraction of sp³-hybridized carbons (Fsp3) is 0.0222. The number of hydrogen-bond donors (Lipinski definition) is 1. The molecule has 0 radical (unpaired) electrons. The van der Waals surface area contributed by atoms with Gasteiger partial charge in [-0.3, -0.25) is 0 Å². The third-order valence-corrected chi connectivity index (χ3v) is 28.6. The summed E-state index contributed by atoms with van der Waals surface area (Å²) in [6.45, 7) is 0. The molecule has 0 unspecified atom stereocenters. The number of aromatic nitrogens is 2. The Bertz CT molecular complexity index is 8500. The van der Waals surface area contributed by atoms with Gasteiger partial charge in [-0.2, -0.15) is 0 Å². The van der Waals surface area contributed by atoms with E-state index < -0.39 is 5.41 Å². The van der Waals surface area contributed by atoms with Crippen molar-refractivity contribution >= 4 is 88.0 Å². The van der Waals surface area contributed by atoms with Gasteiger partial charge in [-0.25, -0.2) is 0 Å². The smallest absolute Gasteiger partial charge is 0.0714 e. The molecule has 0 saturated heterocycles. The van der Waals surface area contributed by atoms with Gasteiger partial charge in [0.25, 0.3) is 0 Å². The Morgan fingerprint density at radius 3 is 0.886 bits per heavy atom. The van der Waals surface area contributed by atoms with Crippen LogP contribution in [0.4, 0.5) is 28.4 Å². The molecule has 26 rings (SSSR count). The van der Waals surface area contributed by atoms with E-state index in [1.807, 2.05) is 0 Å². The van der Waals surface area contributed by atoms with Gasteiger partial charge in [-0.15, -0.1) is 0 Å². The Kier molecular flexibility index (Phi) is 23.3. The van der Waals surface area contributed by atoms with E-state index in [2.05, 4.69) is 593 Å². The quantitative estimate of drug-likeness (QED) is 0.0983. The van der Waals surface area contributed by atoms with Gasteiger partial charge < -0.3 is 19.4 Å². The molecule has 1 N–H and O–H groups in total. The van der Waals surface area contributed by atoms with E-state index in [0.29, 0.717) is 0 Å². The molecule has 0 fully saturated rings. The Hall–Kier alpha value is -17.5. The molecule has 0 aliphatic heterocycles. The predicted octanol–water partition coefficient (Wildman–Crippen LogP) is 36.6. The Labute approximate surface area is 826 Å². The van der Waals surface area contributed by atoms with Gasteiger partial charge in [-0.1, -0.05) is 436 Å². The number of anilines is 5. The summed E-state index contributed by atoms with van der Waals surface area (Å²) in [5.74, 6) is 0. The van der Waals surface area contributed by atoms with Gasteiger partial charge in [0.1, 0.15) is 0 Å². The Morgan fingerprint density at radius 2 is 0.464 bits per heavy atom. The van der Waals surface area contributed by atoms with Crippen LogP contribution < -0.4 is 10.2 Å². The largest absolute Gasteiger partial charge is 0.356 e. The van der Waals surface area contributed by atoms with Crippen LogP contribution in [-0.4, -0.2) is 9.13 Å². The molecule has 2 heterocycles. The summed E-state index contributed by atoms with van der Waals surface area (Å²) in [5, 5.41) is 8.73. The molecular weight excluding hydrogens is 1760 g/mol. The molecule has 0 saturated carbocycles. The van der Waals surface area contributed by atoms with E-state index >= 15 is 0 Å². The summed E-state index contributed by atoms with van der Waals surface area (Å²) >= 11 is 3.53. The van der Waals surface area contributed by atoms with Gasteiger partial charge in [-0.05, 0) is 279 Å². The highest BCUT2D eigenvalue weighted by atomic mass is 79.9. The third-order valence-electron chi connectivity index (χ3n) is 28.1. The van der Waals surface area contributed by atoms with Crippen molar-refractivity contribution in [2.45, 2.75) is 18.3 Å². The molecule has 2 aliphatic rings. The molecule has 2 aromatic heterocycles. The lowest BCUT2D eigenvalue weighted by atomic mass is 9.67. The van der Waals surface area contributed by atoms with Crippen LogP contribution in [0.1, 0.15) is 51.9 Å². The fourth-order valence-electron chi connectivity index (χ4n) is 21.7. The second-order valence-electron chi connectivity index (χ2n) is 35.9. The molecular formula is C135H97BrN4. The van der Waals surface area contributed by atoms with Crippen molar-refractivity contribution in [3.05, 3.63) is 607 Å². The highest BCUT2D eigenvalue weighted by Gasteiger charge is 2.48. The van der Waals surface area contributed by atoms with Crippen molar-refractivity contribution in [3.8, 4) is 100 Å². The van der Waals surface area contributed by atoms with Gasteiger partial charge in [0.15, 0.2) is 0 Å². The van der Waals surface area contributed by atoms with Crippen molar-refractivity contribution in [2.24, 2.45) is 0 Å². The molecule has 2 aliphatic carbocycles. The lowest BCUT2D eigenvalue weighted by molar-refractivity contribution is 0.768. The zero-order chi connectivity index (χ0) is 92.6. The van der Waals surface area contributed by atoms with Crippen molar-refractivity contribution in [3.63, 3.8) is 0 Å². The zero-order valence-corrected chi connectivity index (χ0v) is 77.9. The van der Waals surface area contributed by atoms with Crippen LogP contribution in [-0.2, 0) is 10.8 Å². The summed E-state index contributed by atoms with van der Waals surface area (Å²) in [6.07, 6.45) is 0. The summed E-state index contributed by atoms with van der Waals surface area (Å²) in [7, 11) is 0. The van der Waals surface area contributed by atoms with E-state index in [4.69, 9.17) is 0 Å². The van der Waals surface area contributed by atoms with Crippen LogP contribution in [0.15, 0.2) is 563 Å². The average molecular weight is 1860 g/mol. The van der Waals surface area contributed by atoms with E-state index in [1.54, 1.807) is 0 Å². The van der Waals surface area contributed by atoms with Crippen molar-refractivity contribution in [2.75, 3.05) is 10.2 Å². The number of benzene rings is 22. The van der Waals surface area contributed by atoms with Gasteiger partial charge >= 0.3 is 0 Å². The average Bonchev–Trinajstić information content (AvgIpc) is 1.56. The molecule has 140 heavy (non-hydrogen) atoms. The monoisotopic (exact) mass is 1850 g/mol. The lowest BCUT2D eigenvalue weighted by Gasteiger charge is -2.35. The number of halogens is 1. The van der Waals surface area contributed by atoms with Crippen molar-refractivity contribution in [1.82, 2.24) is 9.13 Å². The van der Waals surface area contributed by atoms with E-state index in [-0.39, 0.29) is 12.8 Å². The van der Waals surface area contributed by atoms with Gasteiger partial charge in [0, 0.05) is 65.8 Å². The van der Waals surface area contributed by atoms with E-state index in [9.17, 15) is 0 Å². The number of hydrogen-bond acceptors (Lipinski definition) is 2. The first-order chi connectivity index (χ1) is 68.8. The van der Waals surface area contributed by atoms with Crippen LogP contribution in [0.5, 0.6) is 0 Å². The minimum Gasteiger partial charge on any atom is -0.356 e. The Balaban J connectivity index is 0.000000129. The number of para-hydroxylation sites is 4. The number of nitrogens with zero attached hydrogens (tertiary/aromatic N) is 3. The van der Waals surface area contributed by atoms with Crippen molar-refractivity contribution < 1.29 is 0 Å². The SMILES string of the molecule is Brc1ccc(-c2cccc(-c3ccc4c(c3)c3ccccc3n4-c3ccccc3)c2)cc1.C.c1ccc(-c2ccc(N(c3ccc(-c4cccc(-c5ccc6c(c5)c5ccccc5n6-c5ccccc5)c4)cc3)c3ccc4c(c3)C(c3ccccc3)(c3ccccc3)c3ccccc3-4)cc2)cc1.c1ccc(-c2ccc(Nc3ccc4c(c3)C(c3ccccc3)(c3ccccc3)c3ccccc3-4)cc2)cc1. The normalized spacial score (nSPS) is 12.2. The topological polar surface area (TPSA) is 25.1 Å². The highest BCUT2D eigenvalue weighted by Crippen LogP contribution is 2.60. The minimum absolute atomic E-state index is 0. The molecule has 4 nitrogen and oxygen atoms in total. The molecule has 5 heteroatoms. The highest BCUT2D eigenvalue weighted by molar-refractivity contribution is 9.10. The summed E-state index contributed by atoms with van der Waals surface area (Å²) in [5.41, 5.74) is 41.6. The maximum Gasteiger partial charge on any atom is 0.0714 e. The van der Waals surface area contributed by atoms with E-state index in [1.165, 1.54) is 189 Å². The first-order valence-corrected chi connectivity index (χ1v) is 48.5. The number of fused-ring (bicyclic) bond motifs is 12. The molecule has 664 valence electrons. The van der Waals surface area contributed by atoms with Crippen LogP contribution in [0.25, 0.3) is 144 Å². The number of rotatable bonds is 17. The van der Waals surface area contributed by atoms with Crippen LogP contribution in [0.2, 0.25) is 0 Å². The Morgan fingerprint density at radius 1 is 0.186 bits per heavy atom. The maximum atomic E-state index is 3.68. The second kappa shape index (κ2) is 37.7. The molecule has 0 bridgehead atoms. The second-order valence-corrected chi connectivity index (χ2v) is 36.8.